The molecule has 0 aromatic carbocycles. The van der Waals surface area contributed by atoms with E-state index in [0.29, 0.717) is 11.3 Å². The lowest BCUT2D eigenvalue weighted by Gasteiger charge is -2.06. The predicted octanol–water partition coefficient (Wildman–Crippen LogP) is 1.22. The van der Waals surface area contributed by atoms with Crippen LogP contribution >= 0.6 is 0 Å². The number of halogens is 3. The summed E-state index contributed by atoms with van der Waals surface area (Å²) in [4.78, 5) is 28.0. The average molecular weight is 324 g/mol. The molecule has 23 heavy (non-hydrogen) atoms. The van der Waals surface area contributed by atoms with Gasteiger partial charge in [0.2, 0.25) is 11.6 Å². The normalized spacial score (nSPS) is 11.6. The van der Waals surface area contributed by atoms with Gasteiger partial charge in [-0.3, -0.25) is 14.5 Å². The molecular weight excluding hydrogens is 317 g/mol. The Morgan fingerprint density at radius 1 is 1.09 bits per heavy atom. The Balaban J connectivity index is 1.90. The fraction of sp³-hybridized carbons (Fsp3) is 0.167. The Morgan fingerprint density at radius 2 is 1.78 bits per heavy atom. The molecule has 0 spiro atoms. The van der Waals surface area contributed by atoms with Crippen LogP contribution in [0.3, 0.4) is 0 Å². The Hall–Kier alpha value is -3.11. The maximum Gasteiger partial charge on any atom is 0.451 e. The Morgan fingerprint density at radius 3 is 2.39 bits per heavy atom. The highest BCUT2D eigenvalue weighted by atomic mass is 19.4. The first-order valence-electron chi connectivity index (χ1n) is 6.18. The third kappa shape index (κ3) is 3.22. The van der Waals surface area contributed by atoms with E-state index in [9.17, 15) is 18.0 Å². The molecule has 0 saturated heterocycles. The lowest BCUT2D eigenvalue weighted by atomic mass is 10.1. The largest absolute Gasteiger partial charge is 0.451 e. The van der Waals surface area contributed by atoms with Crippen molar-refractivity contribution in [3.05, 3.63) is 52.4 Å². The molecule has 1 N–H and O–H groups in total. The monoisotopic (exact) mass is 324 g/mol. The summed E-state index contributed by atoms with van der Waals surface area (Å²) in [5, 5.41) is 3.51. The van der Waals surface area contributed by atoms with Gasteiger partial charge in [0.05, 0.1) is 5.69 Å². The van der Waals surface area contributed by atoms with Gasteiger partial charge >= 0.3 is 11.9 Å². The SMILES string of the molecule is O=c1[nH]c(-c2nccnc2Cc2cnc(C(F)(F)F)nc2)no1. The first-order valence-corrected chi connectivity index (χ1v) is 6.18. The second kappa shape index (κ2) is 5.59. The van der Waals surface area contributed by atoms with Gasteiger partial charge in [-0.25, -0.2) is 19.7 Å². The third-order valence-electron chi connectivity index (χ3n) is 2.77. The van der Waals surface area contributed by atoms with Crippen LogP contribution in [0.4, 0.5) is 13.2 Å². The summed E-state index contributed by atoms with van der Waals surface area (Å²) in [5.74, 6) is -1.90. The number of H-pyrrole nitrogens is 1. The second-order valence-corrected chi connectivity index (χ2v) is 4.38. The van der Waals surface area contributed by atoms with Gasteiger partial charge in [-0.2, -0.15) is 13.2 Å². The molecule has 3 rings (SSSR count). The molecule has 0 aliphatic rings. The molecule has 11 heteroatoms. The highest BCUT2D eigenvalue weighted by Crippen LogP contribution is 2.25. The zero-order chi connectivity index (χ0) is 16.4. The van der Waals surface area contributed by atoms with E-state index >= 15 is 0 Å². The second-order valence-electron chi connectivity index (χ2n) is 4.38. The zero-order valence-electron chi connectivity index (χ0n) is 11.2. The van der Waals surface area contributed by atoms with Crippen molar-refractivity contribution < 1.29 is 17.7 Å². The summed E-state index contributed by atoms with van der Waals surface area (Å²) in [6.45, 7) is 0. The fourth-order valence-corrected chi connectivity index (χ4v) is 1.81. The van der Waals surface area contributed by atoms with Crippen molar-refractivity contribution >= 4 is 0 Å². The smallest absolute Gasteiger partial charge is 0.296 e. The maximum atomic E-state index is 12.4. The summed E-state index contributed by atoms with van der Waals surface area (Å²) in [6, 6.07) is 0. The van der Waals surface area contributed by atoms with Gasteiger partial charge in [-0.1, -0.05) is 5.16 Å². The molecule has 0 radical (unpaired) electrons. The number of nitrogens with one attached hydrogen (secondary N) is 1. The molecule has 8 nitrogen and oxygen atoms in total. The van der Waals surface area contributed by atoms with Crippen LogP contribution in [-0.2, 0) is 12.6 Å². The summed E-state index contributed by atoms with van der Waals surface area (Å²) < 4.78 is 41.7. The van der Waals surface area contributed by atoms with Gasteiger partial charge in [0.1, 0.15) is 5.69 Å². The van der Waals surface area contributed by atoms with E-state index in [4.69, 9.17) is 0 Å². The molecule has 0 atom stereocenters. The molecule has 0 amide bonds. The Kier molecular flexibility index (Phi) is 3.60. The maximum absolute atomic E-state index is 12.4. The van der Waals surface area contributed by atoms with Crippen LogP contribution in [0.15, 0.2) is 34.1 Å². The molecular formula is C12H7F3N6O2. The summed E-state index contributed by atoms with van der Waals surface area (Å²) in [5.41, 5.74) is 1.02. The van der Waals surface area contributed by atoms with Gasteiger partial charge < -0.3 is 0 Å². The van der Waals surface area contributed by atoms with E-state index in [0.717, 1.165) is 12.4 Å². The first kappa shape index (κ1) is 14.8. The highest BCUT2D eigenvalue weighted by Gasteiger charge is 2.34. The summed E-state index contributed by atoms with van der Waals surface area (Å²) in [6.07, 6.45) is 0.406. The number of alkyl halides is 3. The molecule has 3 aromatic heterocycles. The van der Waals surface area contributed by atoms with Crippen molar-refractivity contribution in [1.29, 1.82) is 0 Å². The zero-order valence-corrected chi connectivity index (χ0v) is 11.2. The molecule has 0 bridgehead atoms. The number of hydrogen-bond donors (Lipinski definition) is 1. The van der Waals surface area contributed by atoms with Crippen LogP contribution in [0, 0.1) is 0 Å². The van der Waals surface area contributed by atoms with Crippen LogP contribution in [0.1, 0.15) is 17.1 Å². The first-order chi connectivity index (χ1) is 10.9. The van der Waals surface area contributed by atoms with Gasteiger partial charge in [0, 0.05) is 31.2 Å². The standard InChI is InChI=1S/C12H7F3N6O2/c13-12(14,15)10-18-4-6(5-19-10)3-7-8(17-2-1-16-7)9-20-11(22)23-21-9/h1-2,4-5H,3H2,(H,20,21,22). The van der Waals surface area contributed by atoms with Gasteiger partial charge in [-0.05, 0) is 5.56 Å². The minimum Gasteiger partial charge on any atom is -0.296 e. The number of aromatic nitrogens is 6. The van der Waals surface area contributed by atoms with Crippen LogP contribution in [0.5, 0.6) is 0 Å². The molecule has 3 aromatic rings. The van der Waals surface area contributed by atoms with Crippen LogP contribution in [-0.4, -0.2) is 30.1 Å². The molecule has 0 saturated carbocycles. The van der Waals surface area contributed by atoms with Crippen molar-refractivity contribution in [2.24, 2.45) is 0 Å². The van der Waals surface area contributed by atoms with Gasteiger partial charge in [0.15, 0.2) is 0 Å². The van der Waals surface area contributed by atoms with E-state index in [2.05, 4.69) is 34.6 Å². The van der Waals surface area contributed by atoms with Gasteiger partial charge in [-0.15, -0.1) is 0 Å². The summed E-state index contributed by atoms with van der Waals surface area (Å²) >= 11 is 0. The fourth-order valence-electron chi connectivity index (χ4n) is 1.81. The minimum atomic E-state index is -4.60. The molecule has 0 unspecified atom stereocenters. The van der Waals surface area contributed by atoms with Crippen LogP contribution in [0.25, 0.3) is 11.5 Å². The number of rotatable bonds is 3. The van der Waals surface area contributed by atoms with Gasteiger partial charge in [0.25, 0.3) is 0 Å². The molecule has 3 heterocycles. The van der Waals surface area contributed by atoms with E-state index < -0.39 is 17.8 Å². The van der Waals surface area contributed by atoms with Crippen LogP contribution < -0.4 is 5.76 Å². The Labute approximate surface area is 125 Å². The number of hydrogen-bond acceptors (Lipinski definition) is 7. The van der Waals surface area contributed by atoms with E-state index in [1.807, 2.05) is 0 Å². The van der Waals surface area contributed by atoms with Crippen molar-refractivity contribution in [3.8, 4) is 11.5 Å². The lowest BCUT2D eigenvalue weighted by molar-refractivity contribution is -0.145. The van der Waals surface area contributed by atoms with Crippen molar-refractivity contribution in [1.82, 2.24) is 30.1 Å². The predicted molar refractivity (Wildman–Crippen MR) is 68.0 cm³/mol. The quantitative estimate of drug-likeness (QED) is 0.771. The van der Waals surface area contributed by atoms with E-state index in [-0.39, 0.29) is 17.9 Å². The van der Waals surface area contributed by atoms with E-state index in [1.165, 1.54) is 12.4 Å². The average Bonchev–Trinajstić information content (AvgIpc) is 2.94. The Bertz CT molecular complexity index is 871. The molecule has 0 aliphatic heterocycles. The van der Waals surface area contributed by atoms with Crippen molar-refractivity contribution in [3.63, 3.8) is 0 Å². The summed E-state index contributed by atoms with van der Waals surface area (Å²) in [7, 11) is 0. The van der Waals surface area contributed by atoms with Crippen LogP contribution in [0.2, 0.25) is 0 Å². The lowest BCUT2D eigenvalue weighted by Crippen LogP contribution is -2.11. The van der Waals surface area contributed by atoms with Crippen molar-refractivity contribution in [2.75, 3.05) is 0 Å². The van der Waals surface area contributed by atoms with E-state index in [1.54, 1.807) is 0 Å². The molecule has 0 fully saturated rings. The minimum absolute atomic E-state index is 0.0749. The number of aromatic amines is 1. The molecule has 0 aliphatic carbocycles. The third-order valence-corrected chi connectivity index (χ3v) is 2.77. The molecule has 118 valence electrons. The van der Waals surface area contributed by atoms with Crippen molar-refractivity contribution in [2.45, 2.75) is 12.6 Å². The topological polar surface area (TPSA) is 110 Å². The number of nitrogens with zero attached hydrogens (tertiary/aromatic N) is 5. The highest BCUT2D eigenvalue weighted by molar-refractivity contribution is 5.51.